The Morgan fingerprint density at radius 1 is 0.800 bits per heavy atom. The number of ether oxygens (including phenoxy) is 2. The van der Waals surface area contributed by atoms with Gasteiger partial charge in [0, 0.05) is 19.5 Å². The highest BCUT2D eigenvalue weighted by Crippen LogP contribution is 2.18. The zero-order valence-corrected chi connectivity index (χ0v) is 19.7. The summed E-state index contributed by atoms with van der Waals surface area (Å²) in [6.07, 6.45) is 13.5. The highest BCUT2D eigenvalue weighted by atomic mass is 16.6. The molecule has 0 heterocycles. The van der Waals surface area contributed by atoms with Crippen LogP contribution in [-0.2, 0) is 19.1 Å². The average Bonchev–Trinajstić information content (AvgIpc) is 2.74. The minimum atomic E-state index is -0.444. The molecule has 0 radical (unpaired) electrons. The molecule has 0 aromatic carbocycles. The molecular weight excluding hydrogens is 382 g/mol. The predicted molar refractivity (Wildman–Crippen MR) is 120 cm³/mol. The van der Waals surface area contributed by atoms with Crippen LogP contribution in [0.1, 0.15) is 104 Å². The summed E-state index contributed by atoms with van der Waals surface area (Å²) in [5.41, 5.74) is 0. The third kappa shape index (κ3) is 16.2. The fourth-order valence-corrected chi connectivity index (χ4v) is 3.47. The van der Waals surface area contributed by atoms with Crippen LogP contribution in [0.25, 0.3) is 0 Å². The molecule has 1 amide bonds. The molecular formula is C24H45NO5. The van der Waals surface area contributed by atoms with Crippen LogP contribution in [0.3, 0.4) is 0 Å². The van der Waals surface area contributed by atoms with Gasteiger partial charge in [-0.3, -0.25) is 9.59 Å². The van der Waals surface area contributed by atoms with E-state index in [1.54, 1.807) is 4.90 Å². The molecule has 6 heteroatoms. The summed E-state index contributed by atoms with van der Waals surface area (Å²) in [4.78, 5) is 35.9. The molecule has 0 aromatic rings. The van der Waals surface area contributed by atoms with E-state index in [9.17, 15) is 14.4 Å². The number of hydrogen-bond donors (Lipinski definition) is 0. The SMILES string of the molecule is CCCCCC(CCCCC)COC(=O)CCCCCN(CCC)C(=O)OCC=O. The molecule has 0 fully saturated rings. The summed E-state index contributed by atoms with van der Waals surface area (Å²) in [5.74, 6) is 0.383. The maximum absolute atomic E-state index is 12.1. The highest BCUT2D eigenvalue weighted by molar-refractivity contribution is 5.70. The van der Waals surface area contributed by atoms with Crippen LogP contribution in [-0.4, -0.2) is 49.6 Å². The molecule has 0 rings (SSSR count). The minimum absolute atomic E-state index is 0.109. The Balaban J connectivity index is 4.05. The average molecular weight is 428 g/mol. The van der Waals surface area contributed by atoms with Crippen LogP contribution in [0.5, 0.6) is 0 Å². The van der Waals surface area contributed by atoms with Crippen LogP contribution >= 0.6 is 0 Å². The normalized spacial score (nSPS) is 10.8. The number of carbonyl (C=O) groups excluding carboxylic acids is 3. The zero-order chi connectivity index (χ0) is 22.5. The quantitative estimate of drug-likeness (QED) is 0.137. The third-order valence-corrected chi connectivity index (χ3v) is 5.25. The minimum Gasteiger partial charge on any atom is -0.465 e. The first-order valence-electron chi connectivity index (χ1n) is 12.1. The van der Waals surface area contributed by atoms with E-state index in [-0.39, 0.29) is 12.6 Å². The van der Waals surface area contributed by atoms with Crippen molar-refractivity contribution in [3.8, 4) is 0 Å². The van der Waals surface area contributed by atoms with Crippen molar-refractivity contribution in [3.63, 3.8) is 0 Å². The lowest BCUT2D eigenvalue weighted by Crippen LogP contribution is -2.33. The first-order valence-corrected chi connectivity index (χ1v) is 12.1. The number of rotatable bonds is 20. The lowest BCUT2D eigenvalue weighted by molar-refractivity contribution is -0.145. The Labute approximate surface area is 184 Å². The number of hydrogen-bond acceptors (Lipinski definition) is 5. The lowest BCUT2D eigenvalue weighted by atomic mass is 9.96. The van der Waals surface area contributed by atoms with Gasteiger partial charge in [0.1, 0.15) is 6.61 Å². The summed E-state index contributed by atoms with van der Waals surface area (Å²) in [7, 11) is 0. The summed E-state index contributed by atoms with van der Waals surface area (Å²) < 4.78 is 10.4. The second-order valence-electron chi connectivity index (χ2n) is 8.08. The predicted octanol–water partition coefficient (Wildman–Crippen LogP) is 5.91. The molecule has 176 valence electrons. The van der Waals surface area contributed by atoms with E-state index in [0.29, 0.717) is 38.3 Å². The topological polar surface area (TPSA) is 72.9 Å². The van der Waals surface area contributed by atoms with E-state index >= 15 is 0 Å². The number of nitrogens with zero attached hydrogens (tertiary/aromatic N) is 1. The maximum atomic E-state index is 12.1. The van der Waals surface area contributed by atoms with Crippen molar-refractivity contribution in [2.75, 3.05) is 26.3 Å². The highest BCUT2D eigenvalue weighted by Gasteiger charge is 2.14. The van der Waals surface area contributed by atoms with Gasteiger partial charge in [0.25, 0.3) is 0 Å². The van der Waals surface area contributed by atoms with Gasteiger partial charge in [0.2, 0.25) is 0 Å². The fraction of sp³-hybridized carbons (Fsp3) is 0.875. The van der Waals surface area contributed by atoms with E-state index in [0.717, 1.165) is 38.5 Å². The number of esters is 1. The molecule has 0 atom stereocenters. The van der Waals surface area contributed by atoms with Gasteiger partial charge in [0.15, 0.2) is 6.29 Å². The molecule has 0 aliphatic rings. The molecule has 0 aliphatic carbocycles. The number of carbonyl (C=O) groups is 3. The van der Waals surface area contributed by atoms with Crippen molar-refractivity contribution < 1.29 is 23.9 Å². The Kier molecular flexibility index (Phi) is 19.6. The fourth-order valence-electron chi connectivity index (χ4n) is 3.47. The number of amides is 1. The first-order chi connectivity index (χ1) is 14.6. The van der Waals surface area contributed by atoms with Crippen LogP contribution in [0.2, 0.25) is 0 Å². The third-order valence-electron chi connectivity index (χ3n) is 5.25. The standard InChI is InChI=1S/C24H45NO5/c1-4-7-10-14-22(15-11-8-5-2)21-30-23(27)16-12-9-13-18-25(17-6-3)24(28)29-20-19-26/h19,22H,4-18,20-21H2,1-3H3. The smallest absolute Gasteiger partial charge is 0.410 e. The second kappa shape index (κ2) is 20.7. The van der Waals surface area contributed by atoms with E-state index in [1.807, 2.05) is 6.92 Å². The van der Waals surface area contributed by atoms with E-state index in [1.165, 1.54) is 38.5 Å². The van der Waals surface area contributed by atoms with Gasteiger partial charge in [-0.1, -0.05) is 65.7 Å². The molecule has 0 bridgehead atoms. The van der Waals surface area contributed by atoms with Gasteiger partial charge < -0.3 is 14.4 Å². The Morgan fingerprint density at radius 3 is 2.03 bits per heavy atom. The Morgan fingerprint density at radius 2 is 1.47 bits per heavy atom. The van der Waals surface area contributed by atoms with Gasteiger partial charge in [-0.2, -0.15) is 0 Å². The van der Waals surface area contributed by atoms with E-state index in [4.69, 9.17) is 9.47 Å². The van der Waals surface area contributed by atoms with Crippen LogP contribution < -0.4 is 0 Å². The second-order valence-corrected chi connectivity index (χ2v) is 8.08. The Bertz CT molecular complexity index is 431. The number of aldehydes is 1. The molecule has 0 saturated carbocycles. The van der Waals surface area contributed by atoms with Gasteiger partial charge in [-0.05, 0) is 38.0 Å². The van der Waals surface area contributed by atoms with Crippen molar-refractivity contribution in [2.45, 2.75) is 104 Å². The molecule has 0 aliphatic heterocycles. The largest absolute Gasteiger partial charge is 0.465 e. The molecule has 0 N–H and O–H groups in total. The van der Waals surface area contributed by atoms with Crippen LogP contribution in [0, 0.1) is 5.92 Å². The van der Waals surface area contributed by atoms with Gasteiger partial charge in [0.05, 0.1) is 6.61 Å². The van der Waals surface area contributed by atoms with Crippen molar-refractivity contribution in [3.05, 3.63) is 0 Å². The van der Waals surface area contributed by atoms with Crippen molar-refractivity contribution in [1.82, 2.24) is 4.90 Å². The molecule has 0 aromatic heterocycles. The van der Waals surface area contributed by atoms with Crippen LogP contribution in [0.15, 0.2) is 0 Å². The molecule has 30 heavy (non-hydrogen) atoms. The molecule has 0 spiro atoms. The van der Waals surface area contributed by atoms with Gasteiger partial charge in [-0.15, -0.1) is 0 Å². The lowest BCUT2D eigenvalue weighted by Gasteiger charge is -2.20. The monoisotopic (exact) mass is 427 g/mol. The zero-order valence-electron chi connectivity index (χ0n) is 19.7. The molecule has 6 nitrogen and oxygen atoms in total. The van der Waals surface area contributed by atoms with E-state index < -0.39 is 6.09 Å². The van der Waals surface area contributed by atoms with Gasteiger partial charge >= 0.3 is 12.1 Å². The molecule has 0 saturated heterocycles. The van der Waals surface area contributed by atoms with Crippen molar-refractivity contribution in [2.24, 2.45) is 5.92 Å². The first kappa shape index (κ1) is 28.4. The molecule has 0 unspecified atom stereocenters. The summed E-state index contributed by atoms with van der Waals surface area (Å²) in [6, 6.07) is 0. The summed E-state index contributed by atoms with van der Waals surface area (Å²) in [6.45, 7) is 7.95. The van der Waals surface area contributed by atoms with Crippen LogP contribution in [0.4, 0.5) is 4.79 Å². The summed E-state index contributed by atoms with van der Waals surface area (Å²) >= 11 is 0. The van der Waals surface area contributed by atoms with Crippen molar-refractivity contribution in [1.29, 1.82) is 0 Å². The Hall–Kier alpha value is -1.59. The summed E-state index contributed by atoms with van der Waals surface area (Å²) in [5, 5.41) is 0. The number of unbranched alkanes of at least 4 members (excludes halogenated alkanes) is 6. The van der Waals surface area contributed by atoms with Crippen molar-refractivity contribution >= 4 is 18.3 Å². The van der Waals surface area contributed by atoms with E-state index in [2.05, 4.69) is 13.8 Å². The maximum Gasteiger partial charge on any atom is 0.410 e. The van der Waals surface area contributed by atoms with Gasteiger partial charge in [-0.25, -0.2) is 4.79 Å².